The van der Waals surface area contributed by atoms with E-state index in [1.54, 1.807) is 11.1 Å². The molecule has 84 valence electrons. The second kappa shape index (κ2) is 3.47. The Labute approximate surface area is 94.9 Å². The van der Waals surface area contributed by atoms with E-state index in [0.29, 0.717) is 0 Å². The molecule has 1 atom stereocenters. The highest BCUT2D eigenvalue weighted by Crippen LogP contribution is 2.36. The van der Waals surface area contributed by atoms with Crippen LogP contribution >= 0.6 is 0 Å². The predicted octanol–water partition coefficient (Wildman–Crippen LogP) is 1.42. The number of anilines is 2. The van der Waals surface area contributed by atoms with Crippen molar-refractivity contribution in [3.8, 4) is 0 Å². The molecular weight excluding hydrogens is 202 g/mol. The molecule has 0 saturated carbocycles. The highest BCUT2D eigenvalue weighted by atomic mass is 16.2. The van der Waals surface area contributed by atoms with Gasteiger partial charge in [-0.1, -0.05) is 0 Å². The monoisotopic (exact) mass is 217 g/mol. The van der Waals surface area contributed by atoms with Crippen molar-refractivity contribution in [3.63, 3.8) is 0 Å². The lowest BCUT2D eigenvalue weighted by molar-refractivity contribution is -0.120. The molecule has 1 amide bonds. The van der Waals surface area contributed by atoms with Crippen molar-refractivity contribution in [2.75, 3.05) is 23.4 Å². The van der Waals surface area contributed by atoms with Gasteiger partial charge in [-0.15, -0.1) is 0 Å². The molecule has 0 radical (unpaired) electrons. The lowest BCUT2D eigenvalue weighted by Gasteiger charge is -2.43. The third-order valence-corrected chi connectivity index (χ3v) is 3.52. The first-order valence-electron chi connectivity index (χ1n) is 5.78. The molecule has 1 aromatic heterocycles. The molecule has 3 heterocycles. The van der Waals surface area contributed by atoms with E-state index in [2.05, 4.69) is 9.88 Å². The van der Waals surface area contributed by atoms with E-state index in [0.717, 1.165) is 37.3 Å². The Balaban J connectivity index is 2.11. The van der Waals surface area contributed by atoms with Gasteiger partial charge in [-0.25, -0.2) is 4.98 Å². The molecule has 0 N–H and O–H groups in total. The average molecular weight is 217 g/mol. The number of likely N-dealkylation sites (N-methyl/N-ethyl adjacent to an activating group) is 1. The molecule has 4 nitrogen and oxygen atoms in total. The molecule has 1 saturated heterocycles. The molecule has 2 aliphatic rings. The Morgan fingerprint density at radius 2 is 2.31 bits per heavy atom. The first-order valence-corrected chi connectivity index (χ1v) is 5.78. The quantitative estimate of drug-likeness (QED) is 0.659. The second-order valence-electron chi connectivity index (χ2n) is 4.45. The fraction of sp³-hybridized carbons (Fsp3) is 0.500. The topological polar surface area (TPSA) is 36.4 Å². The van der Waals surface area contributed by atoms with Crippen LogP contribution in [0.4, 0.5) is 11.5 Å². The van der Waals surface area contributed by atoms with Crippen molar-refractivity contribution in [3.05, 3.63) is 18.3 Å². The van der Waals surface area contributed by atoms with Crippen molar-refractivity contribution < 1.29 is 4.79 Å². The number of rotatable bonds is 0. The summed E-state index contributed by atoms with van der Waals surface area (Å²) in [6.45, 7) is 0.953. The van der Waals surface area contributed by atoms with Crippen molar-refractivity contribution in [2.24, 2.45) is 0 Å². The zero-order valence-corrected chi connectivity index (χ0v) is 9.39. The number of amides is 1. The Hall–Kier alpha value is -1.58. The maximum absolute atomic E-state index is 12.2. The molecule has 0 aromatic carbocycles. The molecule has 16 heavy (non-hydrogen) atoms. The summed E-state index contributed by atoms with van der Waals surface area (Å²) in [7, 11) is 1.84. The third kappa shape index (κ3) is 1.22. The standard InChI is InChI=1S/C12H15N3O/c1-14-9-6-4-7-13-11(9)15-8-3-2-5-10(15)12(14)16/h4,6-7,10H,2-3,5,8H2,1H3. The van der Waals surface area contributed by atoms with Crippen LogP contribution < -0.4 is 9.80 Å². The number of aromatic nitrogens is 1. The van der Waals surface area contributed by atoms with E-state index in [4.69, 9.17) is 0 Å². The normalized spacial score (nSPS) is 24.1. The van der Waals surface area contributed by atoms with Crippen molar-refractivity contribution >= 4 is 17.4 Å². The van der Waals surface area contributed by atoms with E-state index in [-0.39, 0.29) is 11.9 Å². The summed E-state index contributed by atoms with van der Waals surface area (Å²) >= 11 is 0. The summed E-state index contributed by atoms with van der Waals surface area (Å²) < 4.78 is 0. The van der Waals surface area contributed by atoms with Crippen LogP contribution in [0.3, 0.4) is 0 Å². The minimum absolute atomic E-state index is 0.0150. The van der Waals surface area contributed by atoms with Gasteiger partial charge in [0.15, 0.2) is 5.82 Å². The van der Waals surface area contributed by atoms with Gasteiger partial charge in [0.25, 0.3) is 0 Å². The highest BCUT2D eigenvalue weighted by molar-refractivity contribution is 6.04. The van der Waals surface area contributed by atoms with Gasteiger partial charge in [0.2, 0.25) is 5.91 Å². The fourth-order valence-corrected chi connectivity index (χ4v) is 2.66. The Kier molecular flexibility index (Phi) is 2.09. The average Bonchev–Trinajstić information content (AvgIpc) is 2.36. The Bertz CT molecular complexity index is 432. The maximum atomic E-state index is 12.2. The minimum atomic E-state index is 0.0150. The molecule has 3 rings (SSSR count). The van der Waals surface area contributed by atoms with Gasteiger partial charge in [-0.05, 0) is 31.4 Å². The SMILES string of the molecule is CN1C(=O)C2CCCCN2c2ncccc21. The first kappa shape index (κ1) is 9.63. The number of hydrogen-bond donors (Lipinski definition) is 0. The van der Waals surface area contributed by atoms with Crippen LogP contribution in [0.15, 0.2) is 18.3 Å². The molecule has 1 aromatic rings. The molecule has 1 unspecified atom stereocenters. The third-order valence-electron chi connectivity index (χ3n) is 3.52. The second-order valence-corrected chi connectivity index (χ2v) is 4.45. The van der Waals surface area contributed by atoms with Crippen molar-refractivity contribution in [1.82, 2.24) is 4.98 Å². The van der Waals surface area contributed by atoms with Crippen LogP contribution in [0.1, 0.15) is 19.3 Å². The molecule has 0 spiro atoms. The van der Waals surface area contributed by atoms with E-state index >= 15 is 0 Å². The summed E-state index contributed by atoms with van der Waals surface area (Å²) in [4.78, 5) is 20.5. The van der Waals surface area contributed by atoms with Gasteiger partial charge >= 0.3 is 0 Å². The summed E-state index contributed by atoms with van der Waals surface area (Å²) in [6, 6.07) is 3.86. The lowest BCUT2D eigenvalue weighted by Crippen LogP contribution is -2.54. The molecule has 0 aliphatic carbocycles. The van der Waals surface area contributed by atoms with E-state index in [9.17, 15) is 4.79 Å². The number of hydrogen-bond acceptors (Lipinski definition) is 3. The van der Waals surface area contributed by atoms with Crippen LogP contribution in [0, 0.1) is 0 Å². The lowest BCUT2D eigenvalue weighted by atomic mass is 9.98. The van der Waals surface area contributed by atoms with E-state index < -0.39 is 0 Å². The van der Waals surface area contributed by atoms with E-state index in [1.807, 2.05) is 19.2 Å². The molecule has 1 fully saturated rings. The smallest absolute Gasteiger partial charge is 0.249 e. The Morgan fingerprint density at radius 3 is 3.19 bits per heavy atom. The van der Waals surface area contributed by atoms with Gasteiger partial charge in [0, 0.05) is 19.8 Å². The number of carbonyl (C=O) groups excluding carboxylic acids is 1. The Morgan fingerprint density at radius 1 is 1.44 bits per heavy atom. The van der Waals surface area contributed by atoms with Crippen molar-refractivity contribution in [1.29, 1.82) is 0 Å². The van der Waals surface area contributed by atoms with Crippen molar-refractivity contribution in [2.45, 2.75) is 25.3 Å². The number of piperidine rings is 1. The summed E-state index contributed by atoms with van der Waals surface area (Å²) in [5.74, 6) is 1.18. The largest absolute Gasteiger partial charge is 0.343 e. The van der Waals surface area contributed by atoms with Gasteiger partial charge in [0.05, 0.1) is 5.69 Å². The predicted molar refractivity (Wildman–Crippen MR) is 62.6 cm³/mol. The van der Waals surface area contributed by atoms with E-state index in [1.165, 1.54) is 0 Å². The first-order chi connectivity index (χ1) is 7.79. The van der Waals surface area contributed by atoms with Gasteiger partial charge in [-0.3, -0.25) is 4.79 Å². The zero-order chi connectivity index (χ0) is 11.1. The number of pyridine rings is 1. The molecule has 0 bridgehead atoms. The fourth-order valence-electron chi connectivity index (χ4n) is 2.66. The summed E-state index contributed by atoms with van der Waals surface area (Å²) in [5, 5.41) is 0. The highest BCUT2D eigenvalue weighted by Gasteiger charge is 2.38. The molecule has 4 heteroatoms. The number of nitrogens with zero attached hydrogens (tertiary/aromatic N) is 3. The van der Waals surface area contributed by atoms with Crippen LogP contribution in [-0.4, -0.2) is 30.5 Å². The maximum Gasteiger partial charge on any atom is 0.249 e. The molecule has 2 aliphatic heterocycles. The van der Waals surface area contributed by atoms with Crippen LogP contribution in [0.2, 0.25) is 0 Å². The number of carbonyl (C=O) groups is 1. The van der Waals surface area contributed by atoms with Crippen LogP contribution in [-0.2, 0) is 4.79 Å². The summed E-state index contributed by atoms with van der Waals surface area (Å²) in [6.07, 6.45) is 5.06. The minimum Gasteiger partial charge on any atom is -0.343 e. The summed E-state index contributed by atoms with van der Waals surface area (Å²) in [5.41, 5.74) is 0.936. The number of fused-ring (bicyclic) bond motifs is 3. The van der Waals surface area contributed by atoms with Crippen LogP contribution in [0.5, 0.6) is 0 Å². The van der Waals surface area contributed by atoms with Gasteiger partial charge < -0.3 is 9.80 Å². The van der Waals surface area contributed by atoms with Gasteiger partial charge in [0.1, 0.15) is 6.04 Å². The molecular formula is C12H15N3O. The van der Waals surface area contributed by atoms with Gasteiger partial charge in [-0.2, -0.15) is 0 Å². The van der Waals surface area contributed by atoms with Crippen LogP contribution in [0.25, 0.3) is 0 Å². The zero-order valence-electron chi connectivity index (χ0n) is 9.39.